The number of nitrogens with zero attached hydrogens (tertiary/aromatic N) is 1. The Kier molecular flexibility index (Phi) is 7.26. The number of carbonyl (C=O) groups is 1. The van der Waals surface area contributed by atoms with Crippen LogP contribution in [0.5, 0.6) is 5.75 Å². The van der Waals surface area contributed by atoms with E-state index >= 15 is 0 Å². The van der Waals surface area contributed by atoms with Gasteiger partial charge in [-0.2, -0.15) is 0 Å². The summed E-state index contributed by atoms with van der Waals surface area (Å²) >= 11 is 6.00. The van der Waals surface area contributed by atoms with E-state index in [1.165, 1.54) is 37.3 Å². The Morgan fingerprint density at radius 2 is 1.89 bits per heavy atom. The molecule has 2 aromatic rings. The van der Waals surface area contributed by atoms with Gasteiger partial charge >= 0.3 is 0 Å². The summed E-state index contributed by atoms with van der Waals surface area (Å²) in [5.74, 6) is -0.379. The Morgan fingerprint density at radius 1 is 1.25 bits per heavy atom. The number of nitrogens with one attached hydrogen (secondary N) is 1. The maximum atomic E-state index is 12.9. The Labute approximate surface area is 169 Å². The van der Waals surface area contributed by atoms with Crippen LogP contribution in [0.2, 0.25) is 5.02 Å². The van der Waals surface area contributed by atoms with Crippen molar-refractivity contribution in [3.8, 4) is 5.75 Å². The van der Waals surface area contributed by atoms with Gasteiger partial charge in [0.2, 0.25) is 15.9 Å². The summed E-state index contributed by atoms with van der Waals surface area (Å²) in [4.78, 5) is 12.5. The molecule has 0 aliphatic rings. The molecule has 0 fully saturated rings. The number of halogens is 2. The zero-order valence-electron chi connectivity index (χ0n) is 15.8. The minimum atomic E-state index is -3.73. The summed E-state index contributed by atoms with van der Waals surface area (Å²) in [5, 5.41) is 3.01. The van der Waals surface area contributed by atoms with Crippen LogP contribution in [0.4, 0.5) is 10.1 Å². The molecule has 0 saturated carbocycles. The van der Waals surface area contributed by atoms with E-state index < -0.39 is 22.0 Å². The van der Waals surface area contributed by atoms with Crippen molar-refractivity contribution in [2.75, 3.05) is 23.7 Å². The molecule has 9 heteroatoms. The molecule has 1 atom stereocenters. The van der Waals surface area contributed by atoms with Crippen LogP contribution in [0.25, 0.3) is 0 Å². The highest BCUT2D eigenvalue weighted by molar-refractivity contribution is 7.92. The van der Waals surface area contributed by atoms with Crippen molar-refractivity contribution in [3.63, 3.8) is 0 Å². The SMILES string of the molecule is Cc1ccc(Cl)cc1N([C@@H](C)C(=O)NCCOc1ccc(F)cc1)S(C)(=O)=O. The Hall–Kier alpha value is -2.32. The van der Waals surface area contributed by atoms with E-state index in [4.69, 9.17) is 16.3 Å². The number of aryl methyl sites for hydroxylation is 1. The molecular weight excluding hydrogens is 407 g/mol. The Balaban J connectivity index is 2.03. The molecule has 152 valence electrons. The minimum absolute atomic E-state index is 0.152. The topological polar surface area (TPSA) is 75.7 Å². The fourth-order valence-corrected chi connectivity index (χ4v) is 4.01. The summed E-state index contributed by atoms with van der Waals surface area (Å²) in [6.45, 7) is 3.55. The molecule has 0 radical (unpaired) electrons. The van der Waals surface area contributed by atoms with E-state index in [9.17, 15) is 17.6 Å². The first kappa shape index (κ1) is 22.0. The van der Waals surface area contributed by atoms with E-state index in [0.717, 1.165) is 10.6 Å². The fourth-order valence-electron chi connectivity index (χ4n) is 2.62. The highest BCUT2D eigenvalue weighted by Gasteiger charge is 2.30. The summed E-state index contributed by atoms with van der Waals surface area (Å²) in [6.07, 6.45) is 1.04. The molecule has 28 heavy (non-hydrogen) atoms. The first-order valence-electron chi connectivity index (χ1n) is 8.51. The molecule has 0 aliphatic carbocycles. The predicted molar refractivity (Wildman–Crippen MR) is 108 cm³/mol. The smallest absolute Gasteiger partial charge is 0.243 e. The number of hydrogen-bond donors (Lipinski definition) is 1. The van der Waals surface area contributed by atoms with Gasteiger partial charge in [0.05, 0.1) is 18.5 Å². The van der Waals surface area contributed by atoms with Crippen molar-refractivity contribution in [2.24, 2.45) is 0 Å². The molecule has 2 rings (SSSR count). The number of benzene rings is 2. The average Bonchev–Trinajstić information content (AvgIpc) is 2.62. The summed E-state index contributed by atoms with van der Waals surface area (Å²) in [5.41, 5.74) is 1.02. The number of rotatable bonds is 8. The zero-order valence-corrected chi connectivity index (χ0v) is 17.3. The van der Waals surface area contributed by atoms with E-state index in [1.54, 1.807) is 19.1 Å². The number of hydrogen-bond acceptors (Lipinski definition) is 4. The van der Waals surface area contributed by atoms with Crippen LogP contribution >= 0.6 is 11.6 Å². The molecule has 6 nitrogen and oxygen atoms in total. The predicted octanol–water partition coefficient (Wildman–Crippen LogP) is 3.14. The van der Waals surface area contributed by atoms with Gasteiger partial charge in [-0.3, -0.25) is 9.10 Å². The third kappa shape index (κ3) is 5.84. The van der Waals surface area contributed by atoms with Gasteiger partial charge in [0.1, 0.15) is 24.2 Å². The molecule has 1 N–H and O–H groups in total. The second-order valence-electron chi connectivity index (χ2n) is 6.26. The van der Waals surface area contributed by atoms with Crippen LogP contribution in [0.1, 0.15) is 12.5 Å². The largest absolute Gasteiger partial charge is 0.492 e. The van der Waals surface area contributed by atoms with Gasteiger partial charge in [-0.1, -0.05) is 17.7 Å². The van der Waals surface area contributed by atoms with Crippen molar-refractivity contribution in [3.05, 3.63) is 58.9 Å². The number of sulfonamides is 1. The number of amides is 1. The lowest BCUT2D eigenvalue weighted by atomic mass is 10.2. The highest BCUT2D eigenvalue weighted by Crippen LogP contribution is 2.28. The first-order valence-corrected chi connectivity index (χ1v) is 10.7. The van der Waals surface area contributed by atoms with Crippen LogP contribution in [0, 0.1) is 12.7 Å². The molecule has 2 aromatic carbocycles. The van der Waals surface area contributed by atoms with Crippen LogP contribution < -0.4 is 14.4 Å². The summed E-state index contributed by atoms with van der Waals surface area (Å²) < 4.78 is 44.0. The standard InChI is InChI=1S/C19H22ClFN2O4S/c1-13-4-5-15(20)12-18(13)23(28(3,25)26)14(2)19(24)22-10-11-27-17-8-6-16(21)7-9-17/h4-9,12,14H,10-11H2,1-3H3,(H,22,24)/t14-/m0/s1. The molecule has 0 bridgehead atoms. The second kappa shape index (κ2) is 9.25. The lowest BCUT2D eigenvalue weighted by Gasteiger charge is -2.29. The fraction of sp³-hybridized carbons (Fsp3) is 0.316. The van der Waals surface area contributed by atoms with Gasteiger partial charge < -0.3 is 10.1 Å². The highest BCUT2D eigenvalue weighted by atomic mass is 35.5. The number of ether oxygens (including phenoxy) is 1. The van der Waals surface area contributed by atoms with Crippen LogP contribution in [-0.2, 0) is 14.8 Å². The van der Waals surface area contributed by atoms with Gasteiger partial charge in [-0.25, -0.2) is 12.8 Å². The van der Waals surface area contributed by atoms with Crippen molar-refractivity contribution in [1.29, 1.82) is 0 Å². The average molecular weight is 429 g/mol. The zero-order chi connectivity index (χ0) is 20.9. The molecule has 0 unspecified atom stereocenters. The normalized spacial score (nSPS) is 12.3. The molecule has 0 aromatic heterocycles. The molecule has 0 aliphatic heterocycles. The molecule has 0 heterocycles. The molecule has 0 saturated heterocycles. The molecular formula is C19H22ClFN2O4S. The van der Waals surface area contributed by atoms with Crippen molar-refractivity contribution in [1.82, 2.24) is 5.32 Å². The number of carbonyl (C=O) groups excluding carboxylic acids is 1. The summed E-state index contributed by atoms with van der Waals surface area (Å²) in [6, 6.07) is 9.37. The maximum Gasteiger partial charge on any atom is 0.243 e. The quantitative estimate of drug-likeness (QED) is 0.655. The van der Waals surface area contributed by atoms with Crippen LogP contribution in [0.15, 0.2) is 42.5 Å². The van der Waals surface area contributed by atoms with E-state index in [0.29, 0.717) is 22.0 Å². The first-order chi connectivity index (χ1) is 13.1. The Morgan fingerprint density at radius 3 is 2.50 bits per heavy atom. The van der Waals surface area contributed by atoms with E-state index in [2.05, 4.69) is 5.32 Å². The molecule has 1 amide bonds. The Bertz CT molecular complexity index is 935. The lowest BCUT2D eigenvalue weighted by molar-refractivity contribution is -0.121. The van der Waals surface area contributed by atoms with Crippen molar-refractivity contribution in [2.45, 2.75) is 19.9 Å². The maximum absolute atomic E-state index is 12.9. The van der Waals surface area contributed by atoms with Crippen molar-refractivity contribution < 1.29 is 22.3 Å². The van der Waals surface area contributed by atoms with E-state index in [-0.39, 0.29) is 19.0 Å². The van der Waals surface area contributed by atoms with Crippen LogP contribution in [0.3, 0.4) is 0 Å². The van der Waals surface area contributed by atoms with Gasteiger partial charge in [0.25, 0.3) is 0 Å². The third-order valence-electron chi connectivity index (χ3n) is 3.98. The van der Waals surface area contributed by atoms with Crippen molar-refractivity contribution >= 4 is 33.2 Å². The van der Waals surface area contributed by atoms with Gasteiger partial charge in [-0.15, -0.1) is 0 Å². The minimum Gasteiger partial charge on any atom is -0.492 e. The second-order valence-corrected chi connectivity index (χ2v) is 8.55. The molecule has 0 spiro atoms. The van der Waals surface area contributed by atoms with Gasteiger partial charge in [0, 0.05) is 5.02 Å². The summed E-state index contributed by atoms with van der Waals surface area (Å²) in [7, 11) is -3.73. The van der Waals surface area contributed by atoms with Gasteiger partial charge in [-0.05, 0) is 55.8 Å². The lowest BCUT2D eigenvalue weighted by Crippen LogP contribution is -2.48. The van der Waals surface area contributed by atoms with Crippen LogP contribution in [-0.4, -0.2) is 39.8 Å². The monoisotopic (exact) mass is 428 g/mol. The van der Waals surface area contributed by atoms with Gasteiger partial charge in [0.15, 0.2) is 0 Å². The third-order valence-corrected chi connectivity index (χ3v) is 5.44. The number of anilines is 1. The van der Waals surface area contributed by atoms with E-state index in [1.807, 2.05) is 0 Å².